The zero-order chi connectivity index (χ0) is 28.1. The van der Waals surface area contributed by atoms with E-state index >= 15 is 0 Å². The Balaban J connectivity index is 0.000000207. The zero-order valence-electron chi connectivity index (χ0n) is 23.0. The molecule has 0 saturated carbocycles. The van der Waals surface area contributed by atoms with Crippen molar-refractivity contribution in [3.8, 4) is 0 Å². The van der Waals surface area contributed by atoms with Crippen LogP contribution in [0.4, 0.5) is 0 Å². The number of benzene rings is 2. The van der Waals surface area contributed by atoms with E-state index in [4.69, 9.17) is 23.2 Å². The number of hydrogen-bond donors (Lipinski definition) is 1. The number of pyridine rings is 2. The van der Waals surface area contributed by atoms with Crippen LogP contribution in [0.25, 0.3) is 0 Å². The molecular formula is C33H36Cl2N4O. The van der Waals surface area contributed by atoms with Crippen molar-refractivity contribution in [1.82, 2.24) is 19.8 Å². The van der Waals surface area contributed by atoms with E-state index in [1.54, 1.807) is 0 Å². The molecule has 5 nitrogen and oxygen atoms in total. The van der Waals surface area contributed by atoms with Crippen molar-refractivity contribution in [2.24, 2.45) is 0 Å². The van der Waals surface area contributed by atoms with Crippen LogP contribution in [0.3, 0.4) is 0 Å². The standard InChI is InChI=1S/C23H23ClN2O.C10H13ClN2/c1-26-14-8-13-21(26)19-16-25-22(24)15-20(19)23(27,17-9-4-2-5-10-17)18-11-6-3-7-12-18;1-13-6-2-3-9(13)8-4-5-10(11)12-7-8/h2-7,9-12,15-16,21,27H,8,13-14H2,1H3;4-5,7,9H,2-3,6H2,1H3/t21-;9-/m00/s1. The molecule has 2 atom stereocenters. The molecule has 2 aliphatic heterocycles. The quantitative estimate of drug-likeness (QED) is 0.254. The van der Waals surface area contributed by atoms with Crippen LogP contribution >= 0.6 is 23.2 Å². The molecule has 6 rings (SSSR count). The van der Waals surface area contributed by atoms with E-state index < -0.39 is 5.60 Å². The van der Waals surface area contributed by atoms with E-state index in [0.717, 1.165) is 41.6 Å². The summed E-state index contributed by atoms with van der Waals surface area (Å²) in [7, 11) is 4.28. The molecule has 0 amide bonds. The molecule has 2 aromatic carbocycles. The molecule has 0 radical (unpaired) electrons. The van der Waals surface area contributed by atoms with E-state index in [1.165, 1.54) is 24.9 Å². The molecule has 0 bridgehead atoms. The van der Waals surface area contributed by atoms with Crippen molar-refractivity contribution >= 4 is 23.2 Å². The largest absolute Gasteiger partial charge is 0.376 e. The van der Waals surface area contributed by atoms with Gasteiger partial charge in [-0.3, -0.25) is 9.80 Å². The maximum Gasteiger partial charge on any atom is 0.141 e. The average molecular weight is 576 g/mol. The molecule has 7 heteroatoms. The van der Waals surface area contributed by atoms with Crippen molar-refractivity contribution < 1.29 is 5.11 Å². The average Bonchev–Trinajstić information content (AvgIpc) is 3.62. The van der Waals surface area contributed by atoms with Gasteiger partial charge in [-0.05, 0) is 87.3 Å². The minimum Gasteiger partial charge on any atom is -0.376 e. The lowest BCUT2D eigenvalue weighted by Crippen LogP contribution is -2.32. The van der Waals surface area contributed by atoms with Crippen LogP contribution in [0.5, 0.6) is 0 Å². The maximum atomic E-state index is 12.2. The number of aliphatic hydroxyl groups is 1. The molecular weight excluding hydrogens is 539 g/mol. The van der Waals surface area contributed by atoms with Gasteiger partial charge in [0.2, 0.25) is 0 Å². The Hall–Kier alpha value is -2.80. The van der Waals surface area contributed by atoms with Gasteiger partial charge in [-0.1, -0.05) is 89.9 Å². The minimum atomic E-state index is -1.30. The normalized spacial score (nSPS) is 19.8. The first kappa shape index (κ1) is 28.7. The lowest BCUT2D eigenvalue weighted by Gasteiger charge is -2.34. The van der Waals surface area contributed by atoms with Crippen LogP contribution in [0.2, 0.25) is 10.3 Å². The highest BCUT2D eigenvalue weighted by Gasteiger charge is 2.39. The summed E-state index contributed by atoms with van der Waals surface area (Å²) in [5.74, 6) is 0. The molecule has 2 aliphatic rings. The van der Waals surface area contributed by atoms with Gasteiger partial charge in [-0.15, -0.1) is 0 Å². The molecule has 208 valence electrons. The third-order valence-corrected chi connectivity index (χ3v) is 8.64. The van der Waals surface area contributed by atoms with Crippen LogP contribution in [0.15, 0.2) is 91.3 Å². The zero-order valence-corrected chi connectivity index (χ0v) is 24.6. The van der Waals surface area contributed by atoms with Gasteiger partial charge in [0, 0.05) is 30.0 Å². The van der Waals surface area contributed by atoms with Crippen LogP contribution < -0.4 is 0 Å². The monoisotopic (exact) mass is 574 g/mol. The second-order valence-corrected chi connectivity index (χ2v) is 11.5. The van der Waals surface area contributed by atoms with Crippen molar-refractivity contribution in [1.29, 1.82) is 0 Å². The van der Waals surface area contributed by atoms with E-state index in [2.05, 4.69) is 39.9 Å². The molecule has 2 aromatic heterocycles. The SMILES string of the molecule is CN1CCC[C@H]1c1ccc(Cl)nc1.CN1CCC[C@H]1c1cnc(Cl)cc1C(O)(c1ccccc1)c1ccccc1. The van der Waals surface area contributed by atoms with Gasteiger partial charge in [0.15, 0.2) is 0 Å². The van der Waals surface area contributed by atoms with Gasteiger partial charge < -0.3 is 5.11 Å². The second kappa shape index (κ2) is 12.8. The Morgan fingerprint density at radius 3 is 1.77 bits per heavy atom. The van der Waals surface area contributed by atoms with Crippen LogP contribution in [-0.2, 0) is 5.60 Å². The third kappa shape index (κ3) is 6.09. The van der Waals surface area contributed by atoms with E-state index in [-0.39, 0.29) is 6.04 Å². The summed E-state index contributed by atoms with van der Waals surface area (Å²) in [5.41, 5.74) is 3.46. The Morgan fingerprint density at radius 2 is 1.27 bits per heavy atom. The number of rotatable bonds is 5. The number of nitrogens with zero attached hydrogens (tertiary/aromatic N) is 4. The van der Waals surface area contributed by atoms with E-state index in [1.807, 2.05) is 85.2 Å². The first-order valence-electron chi connectivity index (χ1n) is 13.9. The molecule has 40 heavy (non-hydrogen) atoms. The predicted molar refractivity (Wildman–Crippen MR) is 163 cm³/mol. The fourth-order valence-corrected chi connectivity index (χ4v) is 6.34. The van der Waals surface area contributed by atoms with Gasteiger partial charge in [-0.25, -0.2) is 9.97 Å². The van der Waals surface area contributed by atoms with Gasteiger partial charge >= 0.3 is 0 Å². The van der Waals surface area contributed by atoms with Crippen molar-refractivity contribution in [3.63, 3.8) is 0 Å². The highest BCUT2D eigenvalue weighted by molar-refractivity contribution is 6.29. The summed E-state index contributed by atoms with van der Waals surface area (Å²) in [5, 5.41) is 13.1. The first-order chi connectivity index (χ1) is 19.4. The summed E-state index contributed by atoms with van der Waals surface area (Å²) in [4.78, 5) is 13.1. The highest BCUT2D eigenvalue weighted by Crippen LogP contribution is 2.43. The summed E-state index contributed by atoms with van der Waals surface area (Å²) < 4.78 is 0. The minimum absolute atomic E-state index is 0.226. The van der Waals surface area contributed by atoms with Gasteiger partial charge in [0.1, 0.15) is 15.9 Å². The number of halogens is 2. The molecule has 0 unspecified atom stereocenters. The Kier molecular flexibility index (Phi) is 9.19. The Morgan fingerprint density at radius 1 is 0.725 bits per heavy atom. The molecule has 1 N–H and O–H groups in total. The molecule has 4 heterocycles. The van der Waals surface area contributed by atoms with Gasteiger partial charge in [0.25, 0.3) is 0 Å². The number of hydrogen-bond acceptors (Lipinski definition) is 5. The van der Waals surface area contributed by atoms with Gasteiger partial charge in [0.05, 0.1) is 0 Å². The molecule has 4 aromatic rings. The van der Waals surface area contributed by atoms with Crippen LogP contribution in [0.1, 0.15) is 65.6 Å². The Bertz CT molecular complexity index is 1350. The number of likely N-dealkylation sites (tertiary alicyclic amines) is 2. The lowest BCUT2D eigenvalue weighted by molar-refractivity contribution is 0.122. The highest BCUT2D eigenvalue weighted by atomic mass is 35.5. The molecule has 2 fully saturated rings. The van der Waals surface area contributed by atoms with Crippen LogP contribution in [0, 0.1) is 0 Å². The third-order valence-electron chi connectivity index (χ3n) is 8.21. The summed E-state index contributed by atoms with van der Waals surface area (Å²) in [6, 6.07) is 26.1. The van der Waals surface area contributed by atoms with Crippen molar-refractivity contribution in [3.05, 3.63) is 129 Å². The second-order valence-electron chi connectivity index (χ2n) is 10.7. The fraction of sp³-hybridized carbons (Fsp3) is 0.333. The summed E-state index contributed by atoms with van der Waals surface area (Å²) in [6.45, 7) is 2.23. The fourth-order valence-electron chi connectivity index (χ4n) is 6.07. The number of aromatic nitrogens is 2. The first-order valence-corrected chi connectivity index (χ1v) is 14.6. The maximum absolute atomic E-state index is 12.2. The van der Waals surface area contributed by atoms with Crippen molar-refractivity contribution in [2.45, 2.75) is 43.4 Å². The van der Waals surface area contributed by atoms with Gasteiger partial charge in [-0.2, -0.15) is 0 Å². The summed E-state index contributed by atoms with van der Waals surface area (Å²) in [6.07, 6.45) is 8.42. The molecule has 2 saturated heterocycles. The Labute approximate surface area is 247 Å². The lowest BCUT2D eigenvalue weighted by atomic mass is 9.77. The van der Waals surface area contributed by atoms with Crippen molar-refractivity contribution in [2.75, 3.05) is 27.2 Å². The van der Waals surface area contributed by atoms with Crippen LogP contribution in [-0.4, -0.2) is 52.1 Å². The van der Waals surface area contributed by atoms with E-state index in [9.17, 15) is 5.11 Å². The molecule has 0 aliphatic carbocycles. The summed E-state index contributed by atoms with van der Waals surface area (Å²) >= 11 is 12.0. The predicted octanol–water partition coefficient (Wildman–Crippen LogP) is 7.29. The topological polar surface area (TPSA) is 52.5 Å². The molecule has 0 spiro atoms. The smallest absolute Gasteiger partial charge is 0.141 e. The van der Waals surface area contributed by atoms with E-state index in [0.29, 0.717) is 16.3 Å².